The van der Waals surface area contributed by atoms with Crippen molar-refractivity contribution in [2.75, 3.05) is 30.9 Å². The van der Waals surface area contributed by atoms with E-state index in [2.05, 4.69) is 27.5 Å². The van der Waals surface area contributed by atoms with Crippen LogP contribution in [0.1, 0.15) is 13.8 Å². The first kappa shape index (κ1) is 11.7. The number of hydrogen-bond acceptors (Lipinski definition) is 5. The van der Waals surface area contributed by atoms with Gasteiger partial charge in [0.25, 0.3) is 0 Å². The molecule has 0 spiro atoms. The molecule has 0 bridgehead atoms. The molecule has 0 aromatic carbocycles. The molecular formula is C10H18N4O. The highest BCUT2D eigenvalue weighted by atomic mass is 16.5. The Morgan fingerprint density at radius 3 is 3.00 bits per heavy atom. The summed E-state index contributed by atoms with van der Waals surface area (Å²) in [7, 11) is 1.79. The first-order valence-electron chi connectivity index (χ1n) is 5.11. The van der Waals surface area contributed by atoms with Crippen LogP contribution in [0.3, 0.4) is 0 Å². The average molecular weight is 210 g/mol. The summed E-state index contributed by atoms with van der Waals surface area (Å²) in [6.45, 7) is 5.44. The number of aromatic nitrogens is 2. The molecule has 0 radical (unpaired) electrons. The van der Waals surface area contributed by atoms with Gasteiger partial charge in [0.15, 0.2) is 0 Å². The second-order valence-corrected chi connectivity index (χ2v) is 3.22. The van der Waals surface area contributed by atoms with Gasteiger partial charge in [-0.2, -0.15) is 4.98 Å². The molecule has 0 amide bonds. The lowest BCUT2D eigenvalue weighted by molar-refractivity contribution is 0.141. The van der Waals surface area contributed by atoms with Crippen molar-refractivity contribution in [2.24, 2.45) is 0 Å². The maximum absolute atomic E-state index is 5.30. The van der Waals surface area contributed by atoms with Gasteiger partial charge in [-0.1, -0.05) is 0 Å². The third kappa shape index (κ3) is 4.12. The number of nitrogens with one attached hydrogen (secondary N) is 2. The Hall–Kier alpha value is -1.36. The van der Waals surface area contributed by atoms with E-state index < -0.39 is 0 Å². The second-order valence-electron chi connectivity index (χ2n) is 3.22. The average Bonchev–Trinajstić information content (AvgIpc) is 2.26. The second kappa shape index (κ2) is 6.19. The highest BCUT2D eigenvalue weighted by Crippen LogP contribution is 2.06. The summed E-state index contributed by atoms with van der Waals surface area (Å²) < 4.78 is 5.30. The van der Waals surface area contributed by atoms with Crippen LogP contribution in [-0.2, 0) is 4.74 Å². The molecule has 1 atom stereocenters. The molecular weight excluding hydrogens is 192 g/mol. The van der Waals surface area contributed by atoms with E-state index in [4.69, 9.17) is 4.74 Å². The van der Waals surface area contributed by atoms with Gasteiger partial charge in [-0.3, -0.25) is 0 Å². The summed E-state index contributed by atoms with van der Waals surface area (Å²) in [6, 6.07) is 2.08. The van der Waals surface area contributed by atoms with E-state index in [1.807, 2.05) is 13.0 Å². The Kier molecular flexibility index (Phi) is 4.83. The zero-order chi connectivity index (χ0) is 11.1. The van der Waals surface area contributed by atoms with E-state index in [0.717, 1.165) is 12.4 Å². The lowest BCUT2D eigenvalue weighted by atomic mass is 10.3. The van der Waals surface area contributed by atoms with Crippen molar-refractivity contribution in [3.8, 4) is 0 Å². The smallest absolute Gasteiger partial charge is 0.224 e. The third-order valence-corrected chi connectivity index (χ3v) is 1.85. The summed E-state index contributed by atoms with van der Waals surface area (Å²) in [6.07, 6.45) is 1.72. The van der Waals surface area contributed by atoms with Gasteiger partial charge in [-0.05, 0) is 19.9 Å². The highest BCUT2D eigenvalue weighted by molar-refractivity contribution is 5.39. The Bertz CT molecular complexity index is 293. The lowest BCUT2D eigenvalue weighted by Gasteiger charge is -2.14. The van der Waals surface area contributed by atoms with Crippen LogP contribution in [0.5, 0.6) is 0 Å². The SMILES string of the molecule is CCOCC(C)Nc1ccnc(NC)n1. The van der Waals surface area contributed by atoms with Gasteiger partial charge in [0, 0.05) is 25.9 Å². The van der Waals surface area contributed by atoms with Crippen LogP contribution in [-0.4, -0.2) is 36.3 Å². The van der Waals surface area contributed by atoms with Crippen LogP contribution in [0.4, 0.5) is 11.8 Å². The molecule has 2 N–H and O–H groups in total. The standard InChI is InChI=1S/C10H18N4O/c1-4-15-7-8(2)13-9-5-6-12-10(11-3)14-9/h5-6,8H,4,7H2,1-3H3,(H2,11,12,13,14). The molecule has 1 aromatic rings. The van der Waals surface area contributed by atoms with E-state index >= 15 is 0 Å². The normalized spacial score (nSPS) is 12.2. The fourth-order valence-corrected chi connectivity index (χ4v) is 1.15. The van der Waals surface area contributed by atoms with Gasteiger partial charge >= 0.3 is 0 Å². The fourth-order valence-electron chi connectivity index (χ4n) is 1.15. The Morgan fingerprint density at radius 1 is 1.53 bits per heavy atom. The van der Waals surface area contributed by atoms with E-state index in [9.17, 15) is 0 Å². The molecule has 0 fully saturated rings. The van der Waals surface area contributed by atoms with Crippen molar-refractivity contribution in [1.29, 1.82) is 0 Å². The first-order chi connectivity index (χ1) is 7.26. The predicted octanol–water partition coefficient (Wildman–Crippen LogP) is 1.36. The molecule has 1 unspecified atom stereocenters. The molecule has 84 valence electrons. The number of ether oxygens (including phenoxy) is 1. The molecule has 0 aliphatic rings. The van der Waals surface area contributed by atoms with Crippen molar-refractivity contribution < 1.29 is 4.74 Å². The quantitative estimate of drug-likeness (QED) is 0.742. The van der Waals surface area contributed by atoms with Gasteiger partial charge in [0.05, 0.1) is 6.61 Å². The van der Waals surface area contributed by atoms with Gasteiger partial charge in [0.1, 0.15) is 5.82 Å². The number of nitrogens with zero attached hydrogens (tertiary/aromatic N) is 2. The van der Waals surface area contributed by atoms with Crippen LogP contribution < -0.4 is 10.6 Å². The topological polar surface area (TPSA) is 59.1 Å². The number of rotatable bonds is 6. The third-order valence-electron chi connectivity index (χ3n) is 1.85. The molecule has 1 aromatic heterocycles. The van der Waals surface area contributed by atoms with Crippen molar-refractivity contribution in [1.82, 2.24) is 9.97 Å². The van der Waals surface area contributed by atoms with Gasteiger partial charge < -0.3 is 15.4 Å². The Balaban J connectivity index is 2.48. The minimum atomic E-state index is 0.240. The van der Waals surface area contributed by atoms with Crippen LogP contribution in [0.2, 0.25) is 0 Å². The van der Waals surface area contributed by atoms with Crippen LogP contribution in [0.25, 0.3) is 0 Å². The van der Waals surface area contributed by atoms with E-state index in [1.165, 1.54) is 0 Å². The minimum absolute atomic E-state index is 0.240. The highest BCUT2D eigenvalue weighted by Gasteiger charge is 2.03. The molecule has 15 heavy (non-hydrogen) atoms. The summed E-state index contributed by atoms with van der Waals surface area (Å²) >= 11 is 0. The molecule has 0 saturated heterocycles. The molecule has 0 saturated carbocycles. The van der Waals surface area contributed by atoms with E-state index in [1.54, 1.807) is 13.2 Å². The van der Waals surface area contributed by atoms with Crippen molar-refractivity contribution in [2.45, 2.75) is 19.9 Å². The maximum Gasteiger partial charge on any atom is 0.224 e. The molecule has 5 heteroatoms. The predicted molar refractivity (Wildman–Crippen MR) is 61.2 cm³/mol. The van der Waals surface area contributed by atoms with Crippen LogP contribution in [0, 0.1) is 0 Å². The van der Waals surface area contributed by atoms with Gasteiger partial charge in [-0.25, -0.2) is 4.98 Å². The Morgan fingerprint density at radius 2 is 2.33 bits per heavy atom. The number of anilines is 2. The molecule has 5 nitrogen and oxygen atoms in total. The Labute approximate surface area is 90.3 Å². The van der Waals surface area contributed by atoms with Gasteiger partial charge in [0.2, 0.25) is 5.95 Å². The summed E-state index contributed by atoms with van der Waals surface area (Å²) in [5, 5.41) is 6.13. The van der Waals surface area contributed by atoms with Crippen molar-refractivity contribution >= 4 is 11.8 Å². The van der Waals surface area contributed by atoms with Crippen molar-refractivity contribution in [3.63, 3.8) is 0 Å². The first-order valence-corrected chi connectivity index (χ1v) is 5.11. The summed E-state index contributed by atoms with van der Waals surface area (Å²) in [4.78, 5) is 8.28. The molecule has 0 aliphatic heterocycles. The maximum atomic E-state index is 5.30. The molecule has 1 rings (SSSR count). The fraction of sp³-hybridized carbons (Fsp3) is 0.600. The van der Waals surface area contributed by atoms with Gasteiger partial charge in [-0.15, -0.1) is 0 Å². The largest absolute Gasteiger partial charge is 0.380 e. The lowest BCUT2D eigenvalue weighted by Crippen LogP contribution is -2.22. The van der Waals surface area contributed by atoms with E-state index in [-0.39, 0.29) is 6.04 Å². The zero-order valence-electron chi connectivity index (χ0n) is 9.45. The monoisotopic (exact) mass is 210 g/mol. The summed E-state index contributed by atoms with van der Waals surface area (Å²) in [5.74, 6) is 1.42. The summed E-state index contributed by atoms with van der Waals surface area (Å²) in [5.41, 5.74) is 0. The van der Waals surface area contributed by atoms with Crippen molar-refractivity contribution in [3.05, 3.63) is 12.3 Å². The van der Waals surface area contributed by atoms with E-state index in [0.29, 0.717) is 12.6 Å². The minimum Gasteiger partial charge on any atom is -0.380 e. The zero-order valence-corrected chi connectivity index (χ0v) is 9.45. The number of hydrogen-bond donors (Lipinski definition) is 2. The van der Waals surface area contributed by atoms with Crippen LogP contribution in [0.15, 0.2) is 12.3 Å². The molecule has 1 heterocycles. The molecule has 0 aliphatic carbocycles. The van der Waals surface area contributed by atoms with Crippen LogP contribution >= 0.6 is 0 Å².